The molecule has 0 fully saturated rings. The lowest BCUT2D eigenvalue weighted by atomic mass is 10.1. The summed E-state index contributed by atoms with van der Waals surface area (Å²) in [5.74, 6) is 0.608. The number of nitrogens with one attached hydrogen (secondary N) is 1. The molecule has 25 heavy (non-hydrogen) atoms. The van der Waals surface area contributed by atoms with Crippen molar-refractivity contribution in [3.63, 3.8) is 0 Å². The highest BCUT2D eigenvalue weighted by molar-refractivity contribution is 6.01. The van der Waals surface area contributed by atoms with Gasteiger partial charge in [0.15, 0.2) is 0 Å². The highest BCUT2D eigenvalue weighted by Gasteiger charge is 2.12. The Hall–Kier alpha value is -3.34. The number of ether oxygens (including phenoxy) is 1. The van der Waals surface area contributed by atoms with E-state index in [4.69, 9.17) is 9.15 Å². The first-order valence-electron chi connectivity index (χ1n) is 7.92. The predicted octanol–water partition coefficient (Wildman–Crippen LogP) is 4.17. The molecule has 0 saturated heterocycles. The summed E-state index contributed by atoms with van der Waals surface area (Å²) in [6, 6.07) is 15.1. The Bertz CT molecular complexity index is 1060. The minimum absolute atomic E-state index is 0.114. The quantitative estimate of drug-likeness (QED) is 0.609. The number of aromatic nitrogens is 1. The standard InChI is InChI=1S/C20H16N2O3/c1-24-15-7-8-16-14(12-25-18(16)11-15)10-19(23)22-17-6-2-4-13-5-3-9-21-20(13)17/h2-9,11-12H,10H2,1H3,(H,22,23). The van der Waals surface area contributed by atoms with Crippen molar-refractivity contribution in [1.29, 1.82) is 0 Å². The molecule has 1 amide bonds. The number of hydrogen-bond donors (Lipinski definition) is 1. The molecular formula is C20H16N2O3. The van der Waals surface area contributed by atoms with Crippen LogP contribution in [0.2, 0.25) is 0 Å². The number of methoxy groups -OCH3 is 1. The molecule has 0 atom stereocenters. The number of fused-ring (bicyclic) bond motifs is 2. The van der Waals surface area contributed by atoms with Crippen molar-refractivity contribution in [2.45, 2.75) is 6.42 Å². The SMILES string of the molecule is COc1ccc2c(CC(=O)Nc3cccc4cccnc34)coc2c1. The van der Waals surface area contributed by atoms with Crippen molar-refractivity contribution in [3.8, 4) is 5.75 Å². The topological polar surface area (TPSA) is 64.4 Å². The summed E-state index contributed by atoms with van der Waals surface area (Å²) in [6.45, 7) is 0. The molecule has 0 bridgehead atoms. The number of pyridine rings is 1. The van der Waals surface area contributed by atoms with Crippen molar-refractivity contribution in [2.75, 3.05) is 12.4 Å². The van der Waals surface area contributed by atoms with E-state index in [1.807, 2.05) is 48.5 Å². The lowest BCUT2D eigenvalue weighted by Crippen LogP contribution is -2.14. The van der Waals surface area contributed by atoms with Gasteiger partial charge in [0.05, 0.1) is 31.0 Å². The number of benzene rings is 2. The van der Waals surface area contributed by atoms with E-state index in [0.717, 1.165) is 27.6 Å². The molecule has 4 rings (SSSR count). The maximum absolute atomic E-state index is 12.5. The largest absolute Gasteiger partial charge is 0.497 e. The minimum Gasteiger partial charge on any atom is -0.497 e. The van der Waals surface area contributed by atoms with Crippen LogP contribution in [-0.4, -0.2) is 18.0 Å². The number of hydrogen-bond acceptors (Lipinski definition) is 4. The molecule has 0 aliphatic heterocycles. The van der Waals surface area contributed by atoms with Crippen molar-refractivity contribution in [3.05, 3.63) is 66.6 Å². The van der Waals surface area contributed by atoms with Crippen LogP contribution >= 0.6 is 0 Å². The molecular weight excluding hydrogens is 316 g/mol. The number of nitrogens with zero attached hydrogens (tertiary/aromatic N) is 1. The van der Waals surface area contributed by atoms with Crippen LogP contribution in [0, 0.1) is 0 Å². The smallest absolute Gasteiger partial charge is 0.228 e. The molecule has 124 valence electrons. The average Bonchev–Trinajstić information content (AvgIpc) is 3.04. The Morgan fingerprint density at radius 2 is 2.08 bits per heavy atom. The van der Waals surface area contributed by atoms with E-state index in [9.17, 15) is 4.79 Å². The first-order chi connectivity index (χ1) is 12.2. The Kier molecular flexibility index (Phi) is 3.82. The van der Waals surface area contributed by atoms with Gasteiger partial charge < -0.3 is 14.5 Å². The molecule has 4 aromatic rings. The minimum atomic E-state index is -0.114. The number of carbonyl (C=O) groups excluding carboxylic acids is 1. The highest BCUT2D eigenvalue weighted by atomic mass is 16.5. The Morgan fingerprint density at radius 1 is 1.20 bits per heavy atom. The van der Waals surface area contributed by atoms with Gasteiger partial charge in [-0.2, -0.15) is 0 Å². The second kappa shape index (κ2) is 6.28. The fourth-order valence-electron chi connectivity index (χ4n) is 2.90. The second-order valence-electron chi connectivity index (χ2n) is 5.73. The number of amides is 1. The van der Waals surface area contributed by atoms with Gasteiger partial charge in [0.2, 0.25) is 5.91 Å². The fourth-order valence-corrected chi connectivity index (χ4v) is 2.90. The van der Waals surface area contributed by atoms with Crippen molar-refractivity contribution in [1.82, 2.24) is 4.98 Å². The normalized spacial score (nSPS) is 10.9. The monoisotopic (exact) mass is 332 g/mol. The summed E-state index contributed by atoms with van der Waals surface area (Å²) in [5.41, 5.74) is 3.02. The maximum Gasteiger partial charge on any atom is 0.228 e. The van der Waals surface area contributed by atoms with Gasteiger partial charge in [-0.05, 0) is 24.3 Å². The van der Waals surface area contributed by atoms with E-state index in [0.29, 0.717) is 11.3 Å². The number of carbonyl (C=O) groups is 1. The van der Waals surface area contributed by atoms with E-state index in [1.54, 1.807) is 19.6 Å². The fraction of sp³-hybridized carbons (Fsp3) is 0.100. The first-order valence-corrected chi connectivity index (χ1v) is 7.92. The molecule has 0 saturated carbocycles. The number of rotatable bonds is 4. The third-order valence-corrected chi connectivity index (χ3v) is 4.12. The van der Waals surface area contributed by atoms with E-state index in [2.05, 4.69) is 10.3 Å². The van der Waals surface area contributed by atoms with Gasteiger partial charge >= 0.3 is 0 Å². The average molecular weight is 332 g/mol. The van der Waals surface area contributed by atoms with Crippen LogP contribution in [0.5, 0.6) is 5.75 Å². The molecule has 2 aromatic carbocycles. The zero-order valence-corrected chi connectivity index (χ0v) is 13.7. The Labute approximate surface area is 144 Å². The number of para-hydroxylation sites is 1. The third-order valence-electron chi connectivity index (χ3n) is 4.12. The van der Waals surface area contributed by atoms with Crippen molar-refractivity contribution >= 4 is 33.5 Å². The summed E-state index contributed by atoms with van der Waals surface area (Å²) in [4.78, 5) is 16.8. The van der Waals surface area contributed by atoms with Gasteiger partial charge in [-0.15, -0.1) is 0 Å². The van der Waals surface area contributed by atoms with Crippen LogP contribution < -0.4 is 10.1 Å². The van der Waals surface area contributed by atoms with Crippen LogP contribution in [0.25, 0.3) is 21.9 Å². The predicted molar refractivity (Wildman–Crippen MR) is 96.8 cm³/mol. The summed E-state index contributed by atoms with van der Waals surface area (Å²) in [6.07, 6.45) is 3.56. The molecule has 5 heteroatoms. The number of furan rings is 1. The van der Waals surface area contributed by atoms with Crippen LogP contribution in [-0.2, 0) is 11.2 Å². The molecule has 1 N–H and O–H groups in total. The Morgan fingerprint density at radius 3 is 2.96 bits per heavy atom. The number of anilines is 1. The molecule has 0 radical (unpaired) electrons. The van der Waals surface area contributed by atoms with Crippen LogP contribution in [0.4, 0.5) is 5.69 Å². The Balaban J connectivity index is 1.58. The van der Waals surface area contributed by atoms with Crippen molar-refractivity contribution < 1.29 is 13.9 Å². The van der Waals surface area contributed by atoms with E-state index in [1.165, 1.54) is 0 Å². The molecule has 2 aromatic heterocycles. The van der Waals surface area contributed by atoms with E-state index in [-0.39, 0.29) is 12.3 Å². The summed E-state index contributed by atoms with van der Waals surface area (Å²) in [5, 5.41) is 4.84. The van der Waals surface area contributed by atoms with Gasteiger partial charge in [0, 0.05) is 28.6 Å². The molecule has 2 heterocycles. The molecule has 0 aliphatic carbocycles. The molecule has 5 nitrogen and oxygen atoms in total. The van der Waals surface area contributed by atoms with Crippen LogP contribution in [0.15, 0.2) is 65.4 Å². The van der Waals surface area contributed by atoms with Crippen LogP contribution in [0.1, 0.15) is 5.56 Å². The molecule has 0 aliphatic rings. The molecule has 0 spiro atoms. The maximum atomic E-state index is 12.5. The zero-order valence-electron chi connectivity index (χ0n) is 13.7. The van der Waals surface area contributed by atoms with Crippen LogP contribution in [0.3, 0.4) is 0 Å². The first kappa shape index (κ1) is 15.2. The molecule has 0 unspecified atom stereocenters. The van der Waals surface area contributed by atoms with Gasteiger partial charge in [-0.3, -0.25) is 9.78 Å². The van der Waals surface area contributed by atoms with Gasteiger partial charge in [0.25, 0.3) is 0 Å². The van der Waals surface area contributed by atoms with Gasteiger partial charge in [-0.25, -0.2) is 0 Å². The second-order valence-corrected chi connectivity index (χ2v) is 5.73. The summed E-state index contributed by atoms with van der Waals surface area (Å²) >= 11 is 0. The third kappa shape index (κ3) is 2.92. The summed E-state index contributed by atoms with van der Waals surface area (Å²) < 4.78 is 10.7. The lowest BCUT2D eigenvalue weighted by Gasteiger charge is -2.07. The van der Waals surface area contributed by atoms with E-state index < -0.39 is 0 Å². The van der Waals surface area contributed by atoms with Gasteiger partial charge in [-0.1, -0.05) is 18.2 Å². The zero-order chi connectivity index (χ0) is 17.2. The lowest BCUT2D eigenvalue weighted by molar-refractivity contribution is -0.115. The highest BCUT2D eigenvalue weighted by Crippen LogP contribution is 2.26. The summed E-state index contributed by atoms with van der Waals surface area (Å²) in [7, 11) is 1.61. The van der Waals surface area contributed by atoms with Crippen molar-refractivity contribution in [2.24, 2.45) is 0 Å². The van der Waals surface area contributed by atoms with Gasteiger partial charge in [0.1, 0.15) is 11.3 Å². The van der Waals surface area contributed by atoms with E-state index >= 15 is 0 Å².